The SMILES string of the molecule is CC(O)CNCc1cn(-c2ccccc2)nc1-c1ccncc1. The van der Waals surface area contributed by atoms with E-state index in [9.17, 15) is 5.11 Å². The predicted octanol–water partition coefficient (Wildman–Crippen LogP) is 2.40. The Bertz CT molecular complexity index is 738. The first kappa shape index (κ1) is 15.4. The van der Waals surface area contributed by atoms with Gasteiger partial charge in [-0.3, -0.25) is 4.98 Å². The molecule has 1 aromatic carbocycles. The third kappa shape index (κ3) is 3.83. The maximum atomic E-state index is 9.41. The van der Waals surface area contributed by atoms with Crippen LogP contribution in [0, 0.1) is 0 Å². The summed E-state index contributed by atoms with van der Waals surface area (Å²) < 4.78 is 1.88. The van der Waals surface area contributed by atoms with Crippen LogP contribution < -0.4 is 5.32 Å². The van der Waals surface area contributed by atoms with Crippen LogP contribution in [0.25, 0.3) is 16.9 Å². The molecule has 23 heavy (non-hydrogen) atoms. The molecule has 118 valence electrons. The Morgan fingerprint density at radius 2 is 1.87 bits per heavy atom. The van der Waals surface area contributed by atoms with E-state index < -0.39 is 0 Å². The van der Waals surface area contributed by atoms with Crippen LogP contribution >= 0.6 is 0 Å². The Kier molecular flexibility index (Phi) is 4.80. The molecule has 0 fully saturated rings. The first-order valence-corrected chi connectivity index (χ1v) is 7.67. The van der Waals surface area contributed by atoms with Crippen LogP contribution in [0.2, 0.25) is 0 Å². The fourth-order valence-electron chi connectivity index (χ4n) is 2.42. The van der Waals surface area contributed by atoms with E-state index in [4.69, 9.17) is 5.10 Å². The van der Waals surface area contributed by atoms with Crippen LogP contribution in [0.15, 0.2) is 61.1 Å². The Labute approximate surface area is 135 Å². The lowest BCUT2D eigenvalue weighted by Crippen LogP contribution is -2.23. The van der Waals surface area contributed by atoms with Crippen LogP contribution in [0.5, 0.6) is 0 Å². The summed E-state index contributed by atoms with van der Waals surface area (Å²) in [5.74, 6) is 0. The molecule has 2 heterocycles. The summed E-state index contributed by atoms with van der Waals surface area (Å²) in [5.41, 5.74) is 4.06. The minimum Gasteiger partial charge on any atom is -0.392 e. The lowest BCUT2D eigenvalue weighted by Gasteiger charge is -2.06. The number of benzene rings is 1. The summed E-state index contributed by atoms with van der Waals surface area (Å²) >= 11 is 0. The molecule has 0 aliphatic rings. The van der Waals surface area contributed by atoms with Crippen LogP contribution in [0.4, 0.5) is 0 Å². The van der Waals surface area contributed by atoms with E-state index in [2.05, 4.69) is 10.3 Å². The van der Waals surface area contributed by atoms with E-state index in [1.165, 1.54) is 0 Å². The molecule has 2 N–H and O–H groups in total. The Morgan fingerprint density at radius 3 is 2.57 bits per heavy atom. The third-order valence-corrected chi connectivity index (χ3v) is 3.52. The Hall–Kier alpha value is -2.50. The number of aromatic nitrogens is 3. The fraction of sp³-hybridized carbons (Fsp3) is 0.222. The number of aliphatic hydroxyl groups is 1. The molecule has 5 heteroatoms. The molecule has 5 nitrogen and oxygen atoms in total. The van der Waals surface area contributed by atoms with Crippen molar-refractivity contribution in [2.24, 2.45) is 0 Å². The monoisotopic (exact) mass is 308 g/mol. The van der Waals surface area contributed by atoms with E-state index in [0.717, 1.165) is 22.5 Å². The van der Waals surface area contributed by atoms with Gasteiger partial charge in [0.2, 0.25) is 0 Å². The molecule has 0 amide bonds. The van der Waals surface area contributed by atoms with Gasteiger partial charge in [-0.25, -0.2) is 4.68 Å². The van der Waals surface area contributed by atoms with Gasteiger partial charge in [0.25, 0.3) is 0 Å². The average Bonchev–Trinajstić information content (AvgIpc) is 3.00. The minimum absolute atomic E-state index is 0.372. The molecule has 0 aliphatic heterocycles. The summed E-state index contributed by atoms with van der Waals surface area (Å²) in [4.78, 5) is 4.07. The molecule has 0 aliphatic carbocycles. The van der Waals surface area contributed by atoms with Gasteiger partial charge in [0, 0.05) is 42.8 Å². The van der Waals surface area contributed by atoms with Gasteiger partial charge in [-0.2, -0.15) is 5.10 Å². The zero-order chi connectivity index (χ0) is 16.1. The molecule has 0 spiro atoms. The van der Waals surface area contributed by atoms with E-state index >= 15 is 0 Å². The van der Waals surface area contributed by atoms with E-state index in [1.807, 2.05) is 53.3 Å². The molecular formula is C18H20N4O. The van der Waals surface area contributed by atoms with E-state index in [-0.39, 0.29) is 6.10 Å². The smallest absolute Gasteiger partial charge is 0.0973 e. The number of aliphatic hydroxyl groups excluding tert-OH is 1. The van der Waals surface area contributed by atoms with Gasteiger partial charge in [0.1, 0.15) is 0 Å². The third-order valence-electron chi connectivity index (χ3n) is 3.52. The Balaban J connectivity index is 1.93. The fourth-order valence-corrected chi connectivity index (χ4v) is 2.42. The molecule has 0 saturated carbocycles. The van der Waals surface area contributed by atoms with E-state index in [0.29, 0.717) is 13.1 Å². The quantitative estimate of drug-likeness (QED) is 0.734. The van der Waals surface area contributed by atoms with Crippen LogP contribution in [0.1, 0.15) is 12.5 Å². The molecule has 1 unspecified atom stereocenters. The molecule has 2 aromatic heterocycles. The highest BCUT2D eigenvalue weighted by Crippen LogP contribution is 2.23. The summed E-state index contributed by atoms with van der Waals surface area (Å²) in [7, 11) is 0. The first-order chi connectivity index (χ1) is 11.2. The topological polar surface area (TPSA) is 63.0 Å². The van der Waals surface area contributed by atoms with Crippen molar-refractivity contribution >= 4 is 0 Å². The van der Waals surface area contributed by atoms with Gasteiger partial charge in [0.15, 0.2) is 0 Å². The molecule has 0 radical (unpaired) electrons. The highest BCUT2D eigenvalue weighted by Gasteiger charge is 2.12. The van der Waals surface area contributed by atoms with Gasteiger partial charge < -0.3 is 10.4 Å². The highest BCUT2D eigenvalue weighted by atomic mass is 16.3. The van der Waals surface area contributed by atoms with Gasteiger partial charge in [-0.1, -0.05) is 18.2 Å². The van der Waals surface area contributed by atoms with Crippen LogP contribution in [-0.4, -0.2) is 32.5 Å². The number of nitrogens with one attached hydrogen (secondary N) is 1. The van der Waals surface area contributed by atoms with Crippen molar-refractivity contribution in [2.45, 2.75) is 19.6 Å². The lowest BCUT2D eigenvalue weighted by atomic mass is 10.1. The molecule has 0 saturated heterocycles. The van der Waals surface area contributed by atoms with Crippen LogP contribution in [-0.2, 0) is 6.54 Å². The molecule has 1 atom stereocenters. The zero-order valence-corrected chi connectivity index (χ0v) is 13.1. The maximum Gasteiger partial charge on any atom is 0.0973 e. The molecule has 3 aromatic rings. The maximum absolute atomic E-state index is 9.41. The number of nitrogens with zero attached hydrogens (tertiary/aromatic N) is 3. The first-order valence-electron chi connectivity index (χ1n) is 7.67. The van der Waals surface area contributed by atoms with Crippen molar-refractivity contribution in [1.82, 2.24) is 20.1 Å². The van der Waals surface area contributed by atoms with Crippen molar-refractivity contribution in [3.8, 4) is 16.9 Å². The summed E-state index contributed by atoms with van der Waals surface area (Å²) in [6, 6.07) is 13.9. The normalized spacial score (nSPS) is 12.3. The van der Waals surface area contributed by atoms with Crippen LogP contribution in [0.3, 0.4) is 0 Å². The highest BCUT2D eigenvalue weighted by molar-refractivity contribution is 5.62. The predicted molar refractivity (Wildman–Crippen MR) is 90.2 cm³/mol. The number of pyridine rings is 1. The number of rotatable bonds is 6. The number of hydrogen-bond acceptors (Lipinski definition) is 4. The van der Waals surface area contributed by atoms with Gasteiger partial charge in [0.05, 0.1) is 17.5 Å². The van der Waals surface area contributed by atoms with Crippen molar-refractivity contribution < 1.29 is 5.11 Å². The summed E-state index contributed by atoms with van der Waals surface area (Å²) in [6.45, 7) is 2.96. The second kappa shape index (κ2) is 7.17. The van der Waals surface area contributed by atoms with Gasteiger partial charge in [-0.15, -0.1) is 0 Å². The lowest BCUT2D eigenvalue weighted by molar-refractivity contribution is 0.191. The summed E-state index contributed by atoms with van der Waals surface area (Å²) in [5, 5.41) is 17.4. The standard InChI is InChI=1S/C18H20N4O/c1-14(23)11-20-12-16-13-22(17-5-3-2-4-6-17)21-18(16)15-7-9-19-10-8-15/h2-10,13-14,20,23H,11-12H2,1H3. The molecule has 3 rings (SSSR count). The number of para-hydroxylation sites is 1. The minimum atomic E-state index is -0.372. The Morgan fingerprint density at radius 1 is 1.13 bits per heavy atom. The van der Waals surface area contributed by atoms with E-state index in [1.54, 1.807) is 19.3 Å². The van der Waals surface area contributed by atoms with Crippen molar-refractivity contribution in [3.63, 3.8) is 0 Å². The van der Waals surface area contributed by atoms with Crippen molar-refractivity contribution in [1.29, 1.82) is 0 Å². The molecular weight excluding hydrogens is 288 g/mol. The second-order valence-corrected chi connectivity index (χ2v) is 5.50. The molecule has 0 bridgehead atoms. The summed E-state index contributed by atoms with van der Waals surface area (Å²) in [6.07, 6.45) is 5.19. The number of hydrogen-bond donors (Lipinski definition) is 2. The van der Waals surface area contributed by atoms with Crippen molar-refractivity contribution in [2.75, 3.05) is 6.54 Å². The van der Waals surface area contributed by atoms with Gasteiger partial charge in [-0.05, 0) is 31.2 Å². The average molecular weight is 308 g/mol. The van der Waals surface area contributed by atoms with Crippen molar-refractivity contribution in [3.05, 3.63) is 66.6 Å². The van der Waals surface area contributed by atoms with Gasteiger partial charge >= 0.3 is 0 Å². The zero-order valence-electron chi connectivity index (χ0n) is 13.1. The largest absolute Gasteiger partial charge is 0.392 e. The second-order valence-electron chi connectivity index (χ2n) is 5.50.